The molecule has 0 saturated carbocycles. The Balaban J connectivity index is 1.38. The highest BCUT2D eigenvalue weighted by molar-refractivity contribution is 7.26. The number of rotatable bonds is 3. The van der Waals surface area contributed by atoms with Gasteiger partial charge < -0.3 is 4.57 Å². The Morgan fingerprint density at radius 2 is 1.13 bits per heavy atom. The fourth-order valence-corrected chi connectivity index (χ4v) is 9.10. The molecule has 5 heteroatoms. The predicted octanol–water partition coefficient (Wildman–Crippen LogP) is 11.6. The number of hydrogen-bond donors (Lipinski definition) is 0. The van der Waals surface area contributed by atoms with Crippen molar-refractivity contribution < 1.29 is 0 Å². The first kappa shape index (κ1) is 25.0. The molecule has 10 rings (SSSR count). The fourth-order valence-electron chi connectivity index (χ4n) is 6.92. The number of nitrogens with zero attached hydrogens (tertiary/aromatic N) is 3. The molecule has 3 nitrogen and oxygen atoms in total. The van der Waals surface area contributed by atoms with Crippen LogP contribution in [0.1, 0.15) is 0 Å². The molecule has 0 atom stereocenters. The molecular weight excluding hydrogens is 587 g/mol. The number of hydrogen-bond acceptors (Lipinski definition) is 4. The Hall–Kier alpha value is -5.36. The maximum absolute atomic E-state index is 5.38. The van der Waals surface area contributed by atoms with Crippen LogP contribution in [-0.2, 0) is 0 Å². The highest BCUT2D eigenvalue weighted by atomic mass is 32.1. The maximum Gasteiger partial charge on any atom is 0.161 e. The molecule has 4 heterocycles. The van der Waals surface area contributed by atoms with Gasteiger partial charge in [0.15, 0.2) is 5.82 Å². The molecule has 45 heavy (non-hydrogen) atoms. The van der Waals surface area contributed by atoms with E-state index in [1.807, 2.05) is 17.4 Å². The van der Waals surface area contributed by atoms with Gasteiger partial charge in [-0.1, -0.05) is 109 Å². The monoisotopic (exact) mass is 609 g/mol. The Morgan fingerprint density at radius 1 is 0.467 bits per heavy atom. The molecule has 0 saturated heterocycles. The normalized spacial score (nSPS) is 12.0. The lowest BCUT2D eigenvalue weighted by Crippen LogP contribution is -2.00. The van der Waals surface area contributed by atoms with E-state index in [9.17, 15) is 0 Å². The van der Waals surface area contributed by atoms with Crippen LogP contribution >= 0.6 is 22.7 Å². The number of thiophene rings is 2. The molecule has 0 amide bonds. The summed E-state index contributed by atoms with van der Waals surface area (Å²) in [6.07, 6.45) is 0. The van der Waals surface area contributed by atoms with Gasteiger partial charge in [-0.2, -0.15) is 0 Å². The SMILES string of the molecule is c1ccc(-c2nc(-c3ccccc3-n3c4ccccc4c4ccc5sc6ccccc6c5c43)c3c(n2)sc2ccccc23)cc1. The van der Waals surface area contributed by atoms with Gasteiger partial charge in [-0.15, -0.1) is 22.7 Å². The van der Waals surface area contributed by atoms with Crippen molar-refractivity contribution >= 4 is 85.0 Å². The molecule has 0 unspecified atom stereocenters. The zero-order chi connectivity index (χ0) is 29.5. The first-order chi connectivity index (χ1) is 22.3. The van der Waals surface area contributed by atoms with E-state index in [0.29, 0.717) is 0 Å². The quantitative estimate of drug-likeness (QED) is 0.199. The van der Waals surface area contributed by atoms with Crippen molar-refractivity contribution in [2.24, 2.45) is 0 Å². The van der Waals surface area contributed by atoms with E-state index in [4.69, 9.17) is 9.97 Å². The van der Waals surface area contributed by atoms with Crippen LogP contribution in [-0.4, -0.2) is 14.5 Å². The highest BCUT2D eigenvalue weighted by Crippen LogP contribution is 2.46. The summed E-state index contributed by atoms with van der Waals surface area (Å²) in [7, 11) is 0. The zero-order valence-electron chi connectivity index (χ0n) is 23.9. The zero-order valence-corrected chi connectivity index (χ0v) is 25.6. The van der Waals surface area contributed by atoms with E-state index in [1.165, 1.54) is 52.1 Å². The van der Waals surface area contributed by atoms with E-state index in [2.05, 4.69) is 138 Å². The van der Waals surface area contributed by atoms with Gasteiger partial charge in [-0.3, -0.25) is 0 Å². The lowest BCUT2D eigenvalue weighted by molar-refractivity contribution is 1.17. The Morgan fingerprint density at radius 3 is 1.98 bits per heavy atom. The van der Waals surface area contributed by atoms with Gasteiger partial charge in [0, 0.05) is 57.5 Å². The van der Waals surface area contributed by atoms with E-state index in [-0.39, 0.29) is 0 Å². The second kappa shape index (κ2) is 9.57. The minimum Gasteiger partial charge on any atom is -0.308 e. The number of benzene rings is 6. The van der Waals surface area contributed by atoms with Crippen molar-refractivity contribution in [1.82, 2.24) is 14.5 Å². The Kier molecular flexibility index (Phi) is 5.32. The van der Waals surface area contributed by atoms with Crippen LogP contribution in [0.4, 0.5) is 0 Å². The maximum atomic E-state index is 5.38. The third kappa shape index (κ3) is 3.62. The molecule has 0 bridgehead atoms. The molecule has 0 radical (unpaired) electrons. The van der Waals surface area contributed by atoms with Crippen molar-refractivity contribution in [3.05, 3.63) is 140 Å². The van der Waals surface area contributed by atoms with Gasteiger partial charge in [-0.25, -0.2) is 9.97 Å². The molecule has 0 spiro atoms. The first-order valence-electron chi connectivity index (χ1n) is 15.0. The largest absolute Gasteiger partial charge is 0.308 e. The number of fused-ring (bicyclic) bond motifs is 10. The van der Waals surface area contributed by atoms with Gasteiger partial charge in [0.1, 0.15) is 4.83 Å². The van der Waals surface area contributed by atoms with Gasteiger partial charge in [0.2, 0.25) is 0 Å². The molecule has 10 aromatic rings. The summed E-state index contributed by atoms with van der Waals surface area (Å²) in [6.45, 7) is 0. The molecule has 0 N–H and O–H groups in total. The number of para-hydroxylation sites is 2. The molecule has 0 aliphatic heterocycles. The van der Waals surface area contributed by atoms with Gasteiger partial charge in [-0.05, 0) is 30.3 Å². The number of aromatic nitrogens is 3. The second-order valence-electron chi connectivity index (χ2n) is 11.3. The minimum atomic E-state index is 0.743. The summed E-state index contributed by atoms with van der Waals surface area (Å²) in [5.74, 6) is 0.743. The summed E-state index contributed by atoms with van der Waals surface area (Å²) < 4.78 is 6.30. The molecule has 210 valence electrons. The summed E-state index contributed by atoms with van der Waals surface area (Å²) in [5.41, 5.74) is 6.60. The van der Waals surface area contributed by atoms with Crippen molar-refractivity contribution in [3.63, 3.8) is 0 Å². The first-order valence-corrected chi connectivity index (χ1v) is 16.6. The summed E-state index contributed by atoms with van der Waals surface area (Å²) in [4.78, 5) is 11.5. The van der Waals surface area contributed by atoms with E-state index < -0.39 is 0 Å². The third-order valence-corrected chi connectivity index (χ3v) is 11.0. The molecule has 6 aromatic carbocycles. The molecule has 0 fully saturated rings. The second-order valence-corrected chi connectivity index (χ2v) is 13.5. The summed E-state index contributed by atoms with van der Waals surface area (Å²) in [6, 6.07) is 49.8. The van der Waals surface area contributed by atoms with Crippen LogP contribution in [0.3, 0.4) is 0 Å². The molecular formula is C40H23N3S2. The van der Waals surface area contributed by atoms with Crippen molar-refractivity contribution in [2.75, 3.05) is 0 Å². The van der Waals surface area contributed by atoms with Crippen molar-refractivity contribution in [1.29, 1.82) is 0 Å². The average molecular weight is 610 g/mol. The van der Waals surface area contributed by atoms with Gasteiger partial charge in [0.25, 0.3) is 0 Å². The standard InChI is InChI=1S/C40H23N3S2/c1-2-12-24(13-3-1)39-41-37(36-29-17-7-11-21-33(29)45-40(36)42-39)27-15-5-9-19-31(27)43-30-18-8-4-14-25(30)26-22-23-34-35(38(26)43)28-16-6-10-20-32(28)44-34/h1-23H. The van der Waals surface area contributed by atoms with Crippen LogP contribution in [0.2, 0.25) is 0 Å². The Bertz CT molecular complexity index is 2770. The van der Waals surface area contributed by atoms with Crippen molar-refractivity contribution in [2.45, 2.75) is 0 Å². The average Bonchev–Trinajstić information content (AvgIpc) is 3.77. The van der Waals surface area contributed by atoms with Gasteiger partial charge in [0.05, 0.1) is 22.4 Å². The Labute approximate surface area is 266 Å². The van der Waals surface area contributed by atoms with Crippen molar-refractivity contribution in [3.8, 4) is 28.3 Å². The van der Waals surface area contributed by atoms with Crippen LogP contribution in [0, 0.1) is 0 Å². The lowest BCUT2D eigenvalue weighted by atomic mass is 10.0. The molecule has 0 aliphatic carbocycles. The summed E-state index contributed by atoms with van der Waals surface area (Å²) in [5, 5.41) is 7.40. The molecule has 0 aliphatic rings. The van der Waals surface area contributed by atoms with Crippen LogP contribution in [0.25, 0.3) is 90.6 Å². The smallest absolute Gasteiger partial charge is 0.161 e. The summed E-state index contributed by atoms with van der Waals surface area (Å²) >= 11 is 3.60. The van der Waals surface area contributed by atoms with Crippen LogP contribution < -0.4 is 0 Å². The minimum absolute atomic E-state index is 0.743. The fraction of sp³-hybridized carbons (Fsp3) is 0. The van der Waals surface area contributed by atoms with E-state index in [1.54, 1.807) is 11.3 Å². The van der Waals surface area contributed by atoms with Gasteiger partial charge >= 0.3 is 0 Å². The third-order valence-electron chi connectivity index (χ3n) is 8.85. The van der Waals surface area contributed by atoms with Crippen LogP contribution in [0.5, 0.6) is 0 Å². The van der Waals surface area contributed by atoms with E-state index in [0.717, 1.165) is 38.5 Å². The van der Waals surface area contributed by atoms with E-state index >= 15 is 0 Å². The van der Waals surface area contributed by atoms with Crippen LogP contribution in [0.15, 0.2) is 140 Å². The lowest BCUT2D eigenvalue weighted by Gasteiger charge is -2.15. The topological polar surface area (TPSA) is 30.7 Å². The molecule has 4 aromatic heterocycles. The predicted molar refractivity (Wildman–Crippen MR) is 193 cm³/mol. The highest BCUT2D eigenvalue weighted by Gasteiger charge is 2.23.